The maximum absolute atomic E-state index is 13.6. The van der Waals surface area contributed by atoms with Crippen molar-refractivity contribution < 1.29 is 28.2 Å². The molecule has 0 fully saturated rings. The summed E-state index contributed by atoms with van der Waals surface area (Å²) in [6.45, 7) is 3.83. The lowest BCUT2D eigenvalue weighted by Gasteiger charge is -2.37. The number of halogens is 2. The van der Waals surface area contributed by atoms with Crippen LogP contribution in [0.5, 0.6) is 5.88 Å². The van der Waals surface area contributed by atoms with Crippen LogP contribution in [-0.2, 0) is 0 Å². The van der Waals surface area contributed by atoms with Crippen molar-refractivity contribution in [1.82, 2.24) is 14.8 Å². The second-order valence-corrected chi connectivity index (χ2v) is 9.77. The summed E-state index contributed by atoms with van der Waals surface area (Å²) in [5, 5.41) is 12.6. The second kappa shape index (κ2) is 12.6. The lowest BCUT2D eigenvalue weighted by atomic mass is 10.00. The van der Waals surface area contributed by atoms with Crippen molar-refractivity contribution in [2.75, 3.05) is 32.1 Å². The topological polar surface area (TPSA) is 95.0 Å². The Hall–Kier alpha value is -4.49. The van der Waals surface area contributed by atoms with Crippen LogP contribution >= 0.6 is 0 Å². The highest BCUT2D eigenvalue weighted by Crippen LogP contribution is 2.27. The van der Waals surface area contributed by atoms with Crippen LogP contribution in [0.15, 0.2) is 60.8 Å². The first-order valence-corrected chi connectivity index (χ1v) is 12.8. The first-order chi connectivity index (χ1) is 19.1. The van der Waals surface area contributed by atoms with Gasteiger partial charge in [-0.15, -0.1) is 0 Å². The van der Waals surface area contributed by atoms with E-state index in [-0.39, 0.29) is 48.8 Å². The Kier molecular flexibility index (Phi) is 8.97. The van der Waals surface area contributed by atoms with Crippen LogP contribution in [0.25, 0.3) is 0 Å². The number of ether oxygens (including phenoxy) is 1. The van der Waals surface area contributed by atoms with E-state index in [1.807, 2.05) is 6.92 Å². The highest BCUT2D eigenvalue weighted by molar-refractivity contribution is 5.97. The number of carbonyl (C=O) groups is 2. The Bertz CT molecular complexity index is 1420. The number of aromatic nitrogens is 1. The molecule has 0 saturated heterocycles. The van der Waals surface area contributed by atoms with Crippen LogP contribution in [0.1, 0.15) is 35.3 Å². The molecule has 0 bridgehead atoms. The number of aliphatic hydroxyl groups is 1. The molecule has 0 aliphatic carbocycles. The van der Waals surface area contributed by atoms with Crippen molar-refractivity contribution in [3.05, 3.63) is 89.1 Å². The molecule has 1 unspecified atom stereocenters. The lowest BCUT2D eigenvalue weighted by Crippen LogP contribution is -2.50. The number of carbonyl (C=O) groups excluding carboxylic acids is 2. The molecule has 2 N–H and O–H groups in total. The third-order valence-electron chi connectivity index (χ3n) is 6.61. The number of pyridine rings is 1. The number of nitrogens with zero attached hydrogens (tertiary/aromatic N) is 3. The number of rotatable bonds is 5. The Balaban J connectivity index is 1.60. The lowest BCUT2D eigenvalue weighted by molar-refractivity contribution is 0.0356. The van der Waals surface area contributed by atoms with E-state index in [9.17, 15) is 23.5 Å². The molecule has 1 aliphatic heterocycles. The van der Waals surface area contributed by atoms with Crippen molar-refractivity contribution >= 4 is 17.6 Å². The van der Waals surface area contributed by atoms with Gasteiger partial charge in [0.05, 0.1) is 19.2 Å². The molecule has 0 saturated carbocycles. The van der Waals surface area contributed by atoms with Gasteiger partial charge in [-0.05, 0) is 61.5 Å². The van der Waals surface area contributed by atoms with E-state index in [1.54, 1.807) is 37.1 Å². The number of nitrogens with one attached hydrogen (secondary N) is 1. The van der Waals surface area contributed by atoms with Gasteiger partial charge < -0.3 is 25.0 Å². The molecule has 40 heavy (non-hydrogen) atoms. The maximum atomic E-state index is 13.6. The highest BCUT2D eigenvalue weighted by Gasteiger charge is 2.34. The zero-order chi connectivity index (χ0) is 28.8. The molecule has 3 amide bonds. The molecular weight excluding hydrogens is 518 g/mol. The molecular formula is C30H30F2N4O4. The van der Waals surface area contributed by atoms with E-state index >= 15 is 0 Å². The number of likely N-dealkylation sites (N-methyl/N-ethyl adjacent to an activating group) is 1. The Morgan fingerprint density at radius 3 is 2.42 bits per heavy atom. The fourth-order valence-electron chi connectivity index (χ4n) is 4.17. The largest absolute Gasteiger partial charge is 0.472 e. The Morgan fingerprint density at radius 1 is 1.15 bits per heavy atom. The van der Waals surface area contributed by atoms with Gasteiger partial charge in [0.15, 0.2) is 0 Å². The fourth-order valence-corrected chi connectivity index (χ4v) is 4.17. The minimum absolute atomic E-state index is 0.0939. The molecule has 2 heterocycles. The number of hydrogen-bond donors (Lipinski definition) is 2. The van der Waals surface area contributed by atoms with Gasteiger partial charge in [-0.1, -0.05) is 18.8 Å². The quantitative estimate of drug-likeness (QED) is 0.468. The van der Waals surface area contributed by atoms with Gasteiger partial charge in [0.1, 0.15) is 23.3 Å². The van der Waals surface area contributed by atoms with E-state index < -0.39 is 24.0 Å². The van der Waals surface area contributed by atoms with Crippen LogP contribution in [-0.4, -0.2) is 70.7 Å². The third-order valence-corrected chi connectivity index (χ3v) is 6.61. The van der Waals surface area contributed by atoms with E-state index in [2.05, 4.69) is 22.1 Å². The standard InChI is InChI=1S/C30H30F2N4O4/c1-19-16-36(20(2)18-37)29(38)26-14-22(5-4-21-6-8-23(31)9-7-21)15-33-28(26)40-27(19)17-35(3)30(39)34-25-12-10-24(32)11-13-25/h6-15,19-20,27,37H,16-18H2,1-3H3,(H,34,39)/t19-,20?,27-/m1/s1. The summed E-state index contributed by atoms with van der Waals surface area (Å²) >= 11 is 0. The minimum Gasteiger partial charge on any atom is -0.472 e. The summed E-state index contributed by atoms with van der Waals surface area (Å²) in [6.07, 6.45) is 0.935. The van der Waals surface area contributed by atoms with Gasteiger partial charge in [-0.3, -0.25) is 4.79 Å². The van der Waals surface area contributed by atoms with Crippen molar-refractivity contribution in [3.63, 3.8) is 0 Å². The number of hydrogen-bond acceptors (Lipinski definition) is 5. The van der Waals surface area contributed by atoms with Gasteiger partial charge in [-0.25, -0.2) is 18.6 Å². The first kappa shape index (κ1) is 28.5. The molecule has 8 nitrogen and oxygen atoms in total. The molecule has 0 radical (unpaired) electrons. The zero-order valence-electron chi connectivity index (χ0n) is 22.4. The van der Waals surface area contributed by atoms with Gasteiger partial charge in [0.2, 0.25) is 5.88 Å². The van der Waals surface area contributed by atoms with Crippen molar-refractivity contribution in [3.8, 4) is 17.7 Å². The minimum atomic E-state index is -0.548. The van der Waals surface area contributed by atoms with Gasteiger partial charge in [0.25, 0.3) is 5.91 Å². The second-order valence-electron chi connectivity index (χ2n) is 9.77. The number of urea groups is 1. The molecule has 3 atom stereocenters. The number of anilines is 1. The maximum Gasteiger partial charge on any atom is 0.321 e. The fraction of sp³-hybridized carbons (Fsp3) is 0.300. The molecule has 0 spiro atoms. The summed E-state index contributed by atoms with van der Waals surface area (Å²) in [4.78, 5) is 33.8. The average Bonchev–Trinajstić information content (AvgIpc) is 2.95. The molecule has 4 rings (SSSR count). The number of aliphatic hydroxyl groups excluding tert-OH is 1. The summed E-state index contributed by atoms with van der Waals surface area (Å²) in [6, 6.07) is 11.9. The normalized spacial score (nSPS) is 17.4. The summed E-state index contributed by atoms with van der Waals surface area (Å²) in [5.74, 6) is 4.60. The van der Waals surface area contributed by atoms with E-state index in [0.29, 0.717) is 16.8 Å². The molecule has 1 aliphatic rings. The van der Waals surface area contributed by atoms with E-state index in [1.165, 1.54) is 47.5 Å². The Morgan fingerprint density at radius 2 is 1.77 bits per heavy atom. The predicted molar refractivity (Wildman–Crippen MR) is 146 cm³/mol. The van der Waals surface area contributed by atoms with E-state index in [0.717, 1.165) is 0 Å². The summed E-state index contributed by atoms with van der Waals surface area (Å²) in [7, 11) is 1.61. The smallest absolute Gasteiger partial charge is 0.321 e. The predicted octanol–water partition coefficient (Wildman–Crippen LogP) is 4.14. The molecule has 10 heteroatoms. The monoisotopic (exact) mass is 548 g/mol. The zero-order valence-corrected chi connectivity index (χ0v) is 22.4. The summed E-state index contributed by atoms with van der Waals surface area (Å²) in [5.41, 5.74) is 1.68. The summed E-state index contributed by atoms with van der Waals surface area (Å²) < 4.78 is 32.6. The first-order valence-electron chi connectivity index (χ1n) is 12.8. The molecule has 208 valence electrons. The van der Waals surface area contributed by atoms with Crippen molar-refractivity contribution in [2.45, 2.75) is 26.0 Å². The van der Waals surface area contributed by atoms with Crippen molar-refractivity contribution in [2.24, 2.45) is 5.92 Å². The molecule has 1 aromatic heterocycles. The third kappa shape index (κ3) is 6.93. The van der Waals surface area contributed by atoms with Crippen LogP contribution in [0.2, 0.25) is 0 Å². The SMILES string of the molecule is CC(CO)N1C[C@@H](C)[C@@H](CN(C)C(=O)Nc2ccc(F)cc2)Oc2ncc(C#Cc3ccc(F)cc3)cc2C1=O. The number of fused-ring (bicyclic) bond motifs is 1. The Labute approximate surface area is 231 Å². The van der Waals surface area contributed by atoms with E-state index in [4.69, 9.17) is 4.74 Å². The number of amides is 3. The highest BCUT2D eigenvalue weighted by atomic mass is 19.1. The van der Waals surface area contributed by atoms with Gasteiger partial charge in [0, 0.05) is 42.5 Å². The van der Waals surface area contributed by atoms with Crippen LogP contribution in [0.4, 0.5) is 19.3 Å². The average molecular weight is 549 g/mol. The van der Waals surface area contributed by atoms with Gasteiger partial charge in [-0.2, -0.15) is 0 Å². The number of benzene rings is 2. The molecule has 3 aromatic rings. The molecule has 2 aromatic carbocycles. The van der Waals surface area contributed by atoms with Crippen LogP contribution in [0, 0.1) is 29.4 Å². The van der Waals surface area contributed by atoms with Crippen LogP contribution in [0.3, 0.4) is 0 Å². The van der Waals surface area contributed by atoms with Crippen molar-refractivity contribution in [1.29, 1.82) is 0 Å². The van der Waals surface area contributed by atoms with Gasteiger partial charge >= 0.3 is 6.03 Å². The van der Waals surface area contributed by atoms with Crippen LogP contribution < -0.4 is 10.1 Å².